The second-order valence-corrected chi connectivity index (χ2v) is 9.04. The number of nitrogens with zero attached hydrogens (tertiary/aromatic N) is 2. The zero-order chi connectivity index (χ0) is 26.2. The molecule has 1 saturated heterocycles. The minimum Gasteiger partial charge on any atom is -0.711 e. The lowest BCUT2D eigenvalue weighted by atomic mass is 9.84. The summed E-state index contributed by atoms with van der Waals surface area (Å²) in [4.78, 5) is 26.3. The van der Waals surface area contributed by atoms with Crippen LogP contribution in [0.2, 0.25) is 0 Å². The van der Waals surface area contributed by atoms with Crippen molar-refractivity contribution in [1.82, 2.24) is 4.57 Å². The van der Waals surface area contributed by atoms with Crippen LogP contribution >= 0.6 is 0 Å². The van der Waals surface area contributed by atoms with Gasteiger partial charge in [-0.25, -0.2) is 9.30 Å². The Hall–Kier alpha value is -3.95. The SMILES string of the molecule is Cc1c(C)[n+]([O-])c([C@@H](c2cccc(OC(F)F)c2)C2C(=O)OC(C)(C)OC2=O)n1Cc1ccccc1. The van der Waals surface area contributed by atoms with Crippen molar-refractivity contribution in [3.63, 3.8) is 0 Å². The number of esters is 2. The highest BCUT2D eigenvalue weighted by atomic mass is 19.3. The molecule has 3 aromatic rings. The Morgan fingerprint density at radius 3 is 2.31 bits per heavy atom. The summed E-state index contributed by atoms with van der Waals surface area (Å²) >= 11 is 0. The van der Waals surface area contributed by atoms with E-state index in [4.69, 9.17) is 9.47 Å². The van der Waals surface area contributed by atoms with Gasteiger partial charge in [0.15, 0.2) is 5.92 Å². The summed E-state index contributed by atoms with van der Waals surface area (Å²) in [5.74, 6) is -6.13. The predicted molar refractivity (Wildman–Crippen MR) is 123 cm³/mol. The molecular weight excluding hydrogens is 474 g/mol. The Morgan fingerprint density at radius 1 is 1.06 bits per heavy atom. The fraction of sp³-hybridized carbons (Fsp3) is 0.346. The van der Waals surface area contributed by atoms with Crippen LogP contribution in [0.15, 0.2) is 54.6 Å². The molecule has 4 rings (SSSR count). The molecule has 0 aliphatic carbocycles. The van der Waals surface area contributed by atoms with Crippen molar-refractivity contribution in [3.05, 3.63) is 88.1 Å². The van der Waals surface area contributed by atoms with Crippen molar-refractivity contribution in [2.24, 2.45) is 5.92 Å². The number of alkyl halides is 2. The van der Waals surface area contributed by atoms with E-state index in [9.17, 15) is 23.6 Å². The van der Waals surface area contributed by atoms with Gasteiger partial charge in [-0.05, 0) is 23.3 Å². The van der Waals surface area contributed by atoms with E-state index in [1.54, 1.807) is 18.4 Å². The van der Waals surface area contributed by atoms with Crippen molar-refractivity contribution in [3.8, 4) is 5.75 Å². The second-order valence-electron chi connectivity index (χ2n) is 9.04. The molecule has 1 fully saturated rings. The van der Waals surface area contributed by atoms with Gasteiger partial charge in [-0.15, -0.1) is 0 Å². The maximum atomic E-state index is 13.5. The summed E-state index contributed by atoms with van der Waals surface area (Å²) < 4.78 is 43.5. The Balaban J connectivity index is 1.93. The van der Waals surface area contributed by atoms with E-state index in [-0.39, 0.29) is 23.7 Å². The predicted octanol–water partition coefficient (Wildman–Crippen LogP) is 3.97. The van der Waals surface area contributed by atoms with Crippen LogP contribution in [0.25, 0.3) is 0 Å². The van der Waals surface area contributed by atoms with E-state index in [1.807, 2.05) is 30.3 Å². The Kier molecular flexibility index (Phi) is 6.71. The average molecular weight is 500 g/mol. The molecule has 190 valence electrons. The zero-order valence-corrected chi connectivity index (χ0v) is 20.2. The van der Waals surface area contributed by atoms with Crippen LogP contribution in [-0.4, -0.2) is 28.9 Å². The quantitative estimate of drug-likeness (QED) is 0.211. The number of carbonyl (C=O) groups excluding carboxylic acids is 2. The summed E-state index contributed by atoms with van der Waals surface area (Å²) in [6.07, 6.45) is 0. The van der Waals surface area contributed by atoms with Gasteiger partial charge in [0.2, 0.25) is 0 Å². The number of imidazole rings is 1. The molecule has 0 radical (unpaired) electrons. The highest BCUT2D eigenvalue weighted by molar-refractivity contribution is 5.98. The molecule has 2 aromatic carbocycles. The van der Waals surface area contributed by atoms with E-state index < -0.39 is 36.2 Å². The fourth-order valence-corrected chi connectivity index (χ4v) is 4.43. The van der Waals surface area contributed by atoms with Crippen molar-refractivity contribution in [2.45, 2.75) is 52.6 Å². The summed E-state index contributed by atoms with van der Waals surface area (Å²) in [5, 5.41) is 13.5. The molecule has 10 heteroatoms. The normalized spacial score (nSPS) is 16.5. The lowest BCUT2D eigenvalue weighted by Crippen LogP contribution is -2.50. The van der Waals surface area contributed by atoms with Crippen molar-refractivity contribution in [2.75, 3.05) is 0 Å². The largest absolute Gasteiger partial charge is 0.711 e. The lowest BCUT2D eigenvalue weighted by molar-refractivity contribution is -0.621. The van der Waals surface area contributed by atoms with E-state index >= 15 is 0 Å². The maximum absolute atomic E-state index is 13.5. The number of rotatable bonds is 7. The van der Waals surface area contributed by atoms with E-state index in [2.05, 4.69) is 4.74 Å². The Morgan fingerprint density at radius 2 is 1.69 bits per heavy atom. The van der Waals surface area contributed by atoms with Crippen LogP contribution in [0, 0.1) is 25.0 Å². The lowest BCUT2D eigenvalue weighted by Gasteiger charge is -2.35. The zero-order valence-electron chi connectivity index (χ0n) is 20.2. The number of hydrogen-bond donors (Lipinski definition) is 0. The molecular formula is C26H26F2N2O6. The van der Waals surface area contributed by atoms with E-state index in [0.717, 1.165) is 5.56 Å². The summed E-state index contributed by atoms with van der Waals surface area (Å²) in [6.45, 7) is 3.41. The molecule has 2 heterocycles. The van der Waals surface area contributed by atoms with Crippen LogP contribution in [0.3, 0.4) is 0 Å². The maximum Gasteiger partial charge on any atom is 0.387 e. The number of benzene rings is 2. The van der Waals surface area contributed by atoms with Gasteiger partial charge >= 0.3 is 18.6 Å². The number of aromatic nitrogens is 2. The van der Waals surface area contributed by atoms with Gasteiger partial charge in [0.1, 0.15) is 29.6 Å². The number of ether oxygens (including phenoxy) is 3. The molecule has 0 saturated carbocycles. The number of hydrogen-bond acceptors (Lipinski definition) is 6. The average Bonchev–Trinajstić information content (AvgIpc) is 2.99. The van der Waals surface area contributed by atoms with Crippen molar-refractivity contribution < 1.29 is 37.3 Å². The van der Waals surface area contributed by atoms with Crippen LogP contribution in [0.1, 0.15) is 48.1 Å². The third-order valence-corrected chi connectivity index (χ3v) is 6.16. The minimum absolute atomic E-state index is 0.0710. The molecule has 0 amide bonds. The van der Waals surface area contributed by atoms with Gasteiger partial charge in [0.05, 0.1) is 0 Å². The molecule has 0 spiro atoms. The van der Waals surface area contributed by atoms with Gasteiger partial charge in [-0.1, -0.05) is 42.5 Å². The number of cyclic esters (lactones) is 2. The van der Waals surface area contributed by atoms with Crippen LogP contribution < -0.4 is 9.47 Å². The first-order valence-corrected chi connectivity index (χ1v) is 11.3. The molecule has 1 aliphatic rings. The minimum atomic E-state index is -3.08. The third-order valence-electron chi connectivity index (χ3n) is 6.16. The standard InChI is InChI=1S/C26H26F2N2O6/c1-15-16(2)30(33)22(29(15)14-17-9-6-5-7-10-17)20(18-11-8-12-19(13-18)34-25(27)28)21-23(31)35-26(3,4)36-24(21)32/h5-13,20-21,25H,14H2,1-4H3/t20-/m0/s1. The summed E-state index contributed by atoms with van der Waals surface area (Å²) in [7, 11) is 0. The van der Waals surface area contributed by atoms with E-state index in [1.165, 1.54) is 38.1 Å². The third kappa shape index (κ3) is 4.89. The first kappa shape index (κ1) is 25.2. The van der Waals surface area contributed by atoms with Gasteiger partial charge in [-0.2, -0.15) is 8.78 Å². The topological polar surface area (TPSA) is 93.7 Å². The van der Waals surface area contributed by atoms with Crippen LogP contribution in [-0.2, 0) is 25.6 Å². The number of halogens is 2. The molecule has 0 unspecified atom stereocenters. The highest BCUT2D eigenvalue weighted by Crippen LogP contribution is 2.39. The number of carbonyl (C=O) groups is 2. The van der Waals surface area contributed by atoms with E-state index in [0.29, 0.717) is 16.1 Å². The van der Waals surface area contributed by atoms with Gasteiger partial charge in [0.25, 0.3) is 11.6 Å². The first-order chi connectivity index (χ1) is 17.0. The molecule has 1 aromatic heterocycles. The molecule has 36 heavy (non-hydrogen) atoms. The highest BCUT2D eigenvalue weighted by Gasteiger charge is 2.52. The smallest absolute Gasteiger partial charge is 0.387 e. The van der Waals surface area contributed by atoms with Crippen LogP contribution in [0.4, 0.5) is 8.78 Å². The van der Waals surface area contributed by atoms with Gasteiger partial charge in [-0.3, -0.25) is 9.59 Å². The molecule has 0 bridgehead atoms. The van der Waals surface area contributed by atoms with Crippen molar-refractivity contribution >= 4 is 11.9 Å². The van der Waals surface area contributed by atoms with Gasteiger partial charge in [0, 0.05) is 27.7 Å². The van der Waals surface area contributed by atoms with Gasteiger partial charge < -0.3 is 19.4 Å². The summed E-state index contributed by atoms with van der Waals surface area (Å²) in [6, 6.07) is 14.9. The Labute approximate surface area is 206 Å². The van der Waals surface area contributed by atoms with Crippen molar-refractivity contribution in [1.29, 1.82) is 0 Å². The van der Waals surface area contributed by atoms with Crippen LogP contribution in [0.5, 0.6) is 5.75 Å². The summed E-state index contributed by atoms with van der Waals surface area (Å²) in [5.41, 5.74) is 2.10. The second kappa shape index (κ2) is 9.60. The molecule has 1 aliphatic heterocycles. The molecule has 8 nitrogen and oxygen atoms in total. The molecule has 0 N–H and O–H groups in total. The fourth-order valence-electron chi connectivity index (χ4n) is 4.43. The monoisotopic (exact) mass is 500 g/mol. The molecule has 1 atom stereocenters. The Bertz CT molecular complexity index is 1270. The first-order valence-electron chi connectivity index (χ1n) is 11.3.